The molecule has 0 bridgehead atoms. The summed E-state index contributed by atoms with van der Waals surface area (Å²) in [4.78, 5) is 14.7. The van der Waals surface area contributed by atoms with Crippen LogP contribution >= 0.6 is 0 Å². The molecule has 4 rings (SSSR count). The summed E-state index contributed by atoms with van der Waals surface area (Å²) >= 11 is 0. The lowest BCUT2D eigenvalue weighted by Crippen LogP contribution is -2.25. The summed E-state index contributed by atoms with van der Waals surface area (Å²) in [6.07, 6.45) is 6.75. The Bertz CT molecular complexity index is 958. The lowest BCUT2D eigenvalue weighted by Gasteiger charge is -2.21. The van der Waals surface area contributed by atoms with Gasteiger partial charge in [-0.25, -0.2) is 9.97 Å². The number of para-hydroxylation sites is 2. The van der Waals surface area contributed by atoms with E-state index in [2.05, 4.69) is 37.6 Å². The van der Waals surface area contributed by atoms with Gasteiger partial charge in [-0.2, -0.15) is 0 Å². The first-order valence-electron chi connectivity index (χ1n) is 9.55. The van der Waals surface area contributed by atoms with Crippen molar-refractivity contribution in [3.05, 3.63) is 78.6 Å². The number of imidazole rings is 2. The summed E-state index contributed by atoms with van der Waals surface area (Å²) in [6, 6.07) is 16.4. The molecule has 6 heteroatoms. The number of methoxy groups -OCH3 is 1. The number of H-pyrrole nitrogens is 1. The molecule has 0 radical (unpaired) electrons. The molecule has 0 atom stereocenters. The van der Waals surface area contributed by atoms with E-state index in [1.165, 1.54) is 5.56 Å². The van der Waals surface area contributed by atoms with E-state index in [4.69, 9.17) is 9.72 Å². The van der Waals surface area contributed by atoms with Crippen LogP contribution in [0.2, 0.25) is 0 Å². The maximum atomic E-state index is 5.27. The van der Waals surface area contributed by atoms with Gasteiger partial charge in [0.15, 0.2) is 0 Å². The van der Waals surface area contributed by atoms with Gasteiger partial charge >= 0.3 is 0 Å². The predicted molar refractivity (Wildman–Crippen MR) is 110 cm³/mol. The summed E-state index contributed by atoms with van der Waals surface area (Å²) in [6.45, 7) is 3.58. The van der Waals surface area contributed by atoms with E-state index in [0.717, 1.165) is 55.2 Å². The first-order chi connectivity index (χ1) is 13.8. The van der Waals surface area contributed by atoms with Crippen molar-refractivity contribution in [1.82, 2.24) is 24.4 Å². The Morgan fingerprint density at radius 1 is 1.07 bits per heavy atom. The van der Waals surface area contributed by atoms with Gasteiger partial charge in [0.2, 0.25) is 0 Å². The van der Waals surface area contributed by atoms with E-state index < -0.39 is 0 Å². The van der Waals surface area contributed by atoms with Crippen molar-refractivity contribution in [2.24, 2.45) is 0 Å². The number of nitrogens with one attached hydrogen (secondary N) is 1. The molecule has 0 saturated carbocycles. The SMILES string of the molecule is COc1ccc(CN(CCCn2ccnc2)Cc2nc3ccccc3[nH]2)cc1. The Labute approximate surface area is 164 Å². The van der Waals surface area contributed by atoms with Crippen molar-refractivity contribution in [1.29, 1.82) is 0 Å². The maximum absolute atomic E-state index is 5.27. The third kappa shape index (κ3) is 4.58. The van der Waals surface area contributed by atoms with Crippen LogP contribution in [-0.2, 0) is 19.6 Å². The summed E-state index contributed by atoms with van der Waals surface area (Å²) in [5, 5.41) is 0. The molecule has 0 fully saturated rings. The minimum Gasteiger partial charge on any atom is -0.497 e. The summed E-state index contributed by atoms with van der Waals surface area (Å²) < 4.78 is 7.39. The average Bonchev–Trinajstić information content (AvgIpc) is 3.37. The fraction of sp³-hybridized carbons (Fsp3) is 0.273. The van der Waals surface area contributed by atoms with E-state index in [1.807, 2.05) is 49.1 Å². The van der Waals surface area contributed by atoms with Crippen molar-refractivity contribution < 1.29 is 4.74 Å². The second kappa shape index (κ2) is 8.71. The summed E-state index contributed by atoms with van der Waals surface area (Å²) in [5.74, 6) is 1.88. The number of fused-ring (bicyclic) bond motifs is 1. The Morgan fingerprint density at radius 2 is 1.93 bits per heavy atom. The second-order valence-electron chi connectivity index (χ2n) is 6.91. The number of ether oxygens (including phenoxy) is 1. The van der Waals surface area contributed by atoms with Gasteiger partial charge in [0.1, 0.15) is 11.6 Å². The Morgan fingerprint density at radius 3 is 2.68 bits per heavy atom. The molecule has 2 aromatic carbocycles. The number of aromatic amines is 1. The van der Waals surface area contributed by atoms with E-state index >= 15 is 0 Å². The first kappa shape index (κ1) is 18.3. The van der Waals surface area contributed by atoms with Gasteiger partial charge in [-0.15, -0.1) is 0 Å². The number of aromatic nitrogens is 4. The van der Waals surface area contributed by atoms with E-state index in [9.17, 15) is 0 Å². The lowest BCUT2D eigenvalue weighted by molar-refractivity contribution is 0.243. The van der Waals surface area contributed by atoms with Crippen LogP contribution < -0.4 is 4.74 Å². The van der Waals surface area contributed by atoms with Crippen molar-refractivity contribution in [3.63, 3.8) is 0 Å². The van der Waals surface area contributed by atoms with Crippen molar-refractivity contribution in [2.45, 2.75) is 26.1 Å². The molecule has 0 unspecified atom stereocenters. The molecule has 1 N–H and O–H groups in total. The minimum absolute atomic E-state index is 0.782. The van der Waals surface area contributed by atoms with Crippen LogP contribution in [0.5, 0.6) is 5.75 Å². The van der Waals surface area contributed by atoms with Gasteiger partial charge in [-0.1, -0.05) is 24.3 Å². The van der Waals surface area contributed by atoms with Crippen molar-refractivity contribution in [3.8, 4) is 5.75 Å². The van der Waals surface area contributed by atoms with Gasteiger partial charge in [-0.05, 0) is 36.2 Å². The second-order valence-corrected chi connectivity index (χ2v) is 6.91. The third-order valence-corrected chi connectivity index (χ3v) is 4.83. The highest BCUT2D eigenvalue weighted by Gasteiger charge is 2.11. The van der Waals surface area contributed by atoms with Crippen LogP contribution in [0.15, 0.2) is 67.3 Å². The summed E-state index contributed by atoms with van der Waals surface area (Å²) in [7, 11) is 1.69. The van der Waals surface area contributed by atoms with Crippen LogP contribution in [-0.4, -0.2) is 38.1 Å². The van der Waals surface area contributed by atoms with Crippen LogP contribution in [0.4, 0.5) is 0 Å². The van der Waals surface area contributed by atoms with Gasteiger partial charge in [-0.3, -0.25) is 4.90 Å². The molecule has 0 saturated heterocycles. The summed E-state index contributed by atoms with van der Waals surface area (Å²) in [5.41, 5.74) is 3.36. The zero-order valence-corrected chi connectivity index (χ0v) is 16.1. The highest BCUT2D eigenvalue weighted by Crippen LogP contribution is 2.16. The van der Waals surface area contributed by atoms with Gasteiger partial charge in [0.25, 0.3) is 0 Å². The molecule has 144 valence electrons. The van der Waals surface area contributed by atoms with Crippen molar-refractivity contribution >= 4 is 11.0 Å². The van der Waals surface area contributed by atoms with Gasteiger partial charge in [0, 0.05) is 32.0 Å². The number of rotatable bonds is 9. The largest absolute Gasteiger partial charge is 0.497 e. The first-order valence-corrected chi connectivity index (χ1v) is 9.55. The minimum atomic E-state index is 0.782. The van der Waals surface area contributed by atoms with Crippen molar-refractivity contribution in [2.75, 3.05) is 13.7 Å². The lowest BCUT2D eigenvalue weighted by atomic mass is 10.2. The normalized spacial score (nSPS) is 11.4. The number of hydrogen-bond donors (Lipinski definition) is 1. The highest BCUT2D eigenvalue weighted by molar-refractivity contribution is 5.74. The fourth-order valence-corrected chi connectivity index (χ4v) is 3.39. The van der Waals surface area contributed by atoms with Crippen LogP contribution in [0.3, 0.4) is 0 Å². The maximum Gasteiger partial charge on any atom is 0.121 e. The van der Waals surface area contributed by atoms with Gasteiger partial charge < -0.3 is 14.3 Å². The quantitative estimate of drug-likeness (QED) is 0.483. The standard InChI is InChI=1S/C22H25N5O/c1-28-19-9-7-18(8-10-19)15-27(13-4-12-26-14-11-23-17-26)16-22-24-20-5-2-3-6-21(20)25-22/h2-3,5-11,14,17H,4,12-13,15-16H2,1H3,(H,24,25). The Hall–Kier alpha value is -3.12. The predicted octanol–water partition coefficient (Wildman–Crippen LogP) is 3.86. The monoisotopic (exact) mass is 375 g/mol. The molecule has 2 heterocycles. The molecule has 0 spiro atoms. The molecule has 6 nitrogen and oxygen atoms in total. The van der Waals surface area contributed by atoms with E-state index in [0.29, 0.717) is 0 Å². The number of nitrogens with zero attached hydrogens (tertiary/aromatic N) is 4. The smallest absolute Gasteiger partial charge is 0.121 e. The zero-order valence-electron chi connectivity index (χ0n) is 16.1. The van der Waals surface area contributed by atoms with Crippen LogP contribution in [0.1, 0.15) is 17.8 Å². The zero-order chi connectivity index (χ0) is 19.2. The van der Waals surface area contributed by atoms with E-state index in [-0.39, 0.29) is 0 Å². The Balaban J connectivity index is 1.45. The fourth-order valence-electron chi connectivity index (χ4n) is 3.39. The Kier molecular flexibility index (Phi) is 5.68. The molecule has 4 aromatic rings. The number of hydrogen-bond acceptors (Lipinski definition) is 4. The molecular formula is C22H25N5O. The molecule has 0 aliphatic rings. The molecule has 0 aliphatic heterocycles. The third-order valence-electron chi connectivity index (χ3n) is 4.83. The average molecular weight is 375 g/mol. The number of benzene rings is 2. The van der Waals surface area contributed by atoms with Crippen LogP contribution in [0.25, 0.3) is 11.0 Å². The number of aryl methyl sites for hydroxylation is 1. The molecular weight excluding hydrogens is 350 g/mol. The van der Waals surface area contributed by atoms with E-state index in [1.54, 1.807) is 7.11 Å². The molecule has 2 aromatic heterocycles. The molecule has 0 amide bonds. The van der Waals surface area contributed by atoms with Crippen LogP contribution in [0, 0.1) is 0 Å². The van der Waals surface area contributed by atoms with Gasteiger partial charge in [0.05, 0.1) is 31.0 Å². The topological polar surface area (TPSA) is 59.0 Å². The molecule has 28 heavy (non-hydrogen) atoms. The highest BCUT2D eigenvalue weighted by atomic mass is 16.5. The molecule has 0 aliphatic carbocycles.